The van der Waals surface area contributed by atoms with Crippen molar-refractivity contribution in [2.24, 2.45) is 13.0 Å². The molecule has 17 heavy (non-hydrogen) atoms. The summed E-state index contributed by atoms with van der Waals surface area (Å²) in [6.07, 6.45) is 5.16. The van der Waals surface area contributed by atoms with Gasteiger partial charge in [0.05, 0.1) is 6.33 Å². The van der Waals surface area contributed by atoms with Gasteiger partial charge < -0.3 is 9.88 Å². The van der Waals surface area contributed by atoms with Crippen molar-refractivity contribution in [3.05, 3.63) is 12.5 Å². The lowest BCUT2D eigenvalue weighted by Crippen LogP contribution is -2.38. The van der Waals surface area contributed by atoms with E-state index in [1.165, 1.54) is 12.5 Å². The van der Waals surface area contributed by atoms with E-state index >= 15 is 0 Å². The van der Waals surface area contributed by atoms with Crippen molar-refractivity contribution in [3.8, 4) is 0 Å². The standard InChI is InChI=1S/C10H18N4O2S/c1-14-7-10(12-8-14)17(15,16)13-6-9-3-2-4-11-5-9/h7-9,11,13H,2-6H2,1H3. The molecule has 6 nitrogen and oxygen atoms in total. The van der Waals surface area contributed by atoms with Gasteiger partial charge in [-0.05, 0) is 31.8 Å². The van der Waals surface area contributed by atoms with E-state index in [1.807, 2.05) is 0 Å². The Morgan fingerprint density at radius 3 is 3.06 bits per heavy atom. The Labute approximate surface area is 101 Å². The highest BCUT2D eigenvalue weighted by Gasteiger charge is 2.20. The molecule has 0 spiro atoms. The summed E-state index contributed by atoms with van der Waals surface area (Å²) >= 11 is 0. The van der Waals surface area contributed by atoms with Crippen LogP contribution in [0.15, 0.2) is 17.6 Å². The third-order valence-electron chi connectivity index (χ3n) is 2.92. The Hall–Kier alpha value is -0.920. The number of aryl methyl sites for hydroxylation is 1. The Morgan fingerprint density at radius 1 is 1.65 bits per heavy atom. The minimum atomic E-state index is -3.45. The average molecular weight is 258 g/mol. The molecule has 96 valence electrons. The second kappa shape index (κ2) is 5.16. The van der Waals surface area contributed by atoms with Gasteiger partial charge in [0.25, 0.3) is 10.0 Å². The van der Waals surface area contributed by atoms with Crippen LogP contribution in [0, 0.1) is 5.92 Å². The van der Waals surface area contributed by atoms with Crippen molar-refractivity contribution in [1.82, 2.24) is 19.6 Å². The van der Waals surface area contributed by atoms with Crippen LogP contribution in [-0.2, 0) is 17.1 Å². The predicted octanol–water partition coefficient (Wildman–Crippen LogP) is -0.302. The molecule has 1 aliphatic rings. The number of aromatic nitrogens is 2. The summed E-state index contributed by atoms with van der Waals surface area (Å²) < 4.78 is 28.0. The summed E-state index contributed by atoms with van der Waals surface area (Å²) in [7, 11) is -1.70. The van der Waals surface area contributed by atoms with Gasteiger partial charge in [0.15, 0.2) is 5.03 Å². The van der Waals surface area contributed by atoms with Gasteiger partial charge in [-0.1, -0.05) is 0 Å². The lowest BCUT2D eigenvalue weighted by atomic mass is 10.0. The first kappa shape index (κ1) is 12.5. The molecule has 1 atom stereocenters. The maximum Gasteiger partial charge on any atom is 0.259 e. The van der Waals surface area contributed by atoms with Crippen molar-refractivity contribution in [2.45, 2.75) is 17.9 Å². The van der Waals surface area contributed by atoms with Crippen LogP contribution in [0.25, 0.3) is 0 Å². The maximum atomic E-state index is 11.9. The van der Waals surface area contributed by atoms with E-state index in [0.29, 0.717) is 12.5 Å². The fourth-order valence-electron chi connectivity index (χ4n) is 1.93. The number of nitrogens with zero attached hydrogens (tertiary/aromatic N) is 2. The van der Waals surface area contributed by atoms with Crippen LogP contribution in [-0.4, -0.2) is 37.6 Å². The van der Waals surface area contributed by atoms with Gasteiger partial charge in [-0.25, -0.2) is 18.1 Å². The largest absolute Gasteiger partial charge is 0.339 e. The van der Waals surface area contributed by atoms with Gasteiger partial charge in [0.1, 0.15) is 0 Å². The first-order valence-corrected chi connectivity index (χ1v) is 7.24. The zero-order valence-corrected chi connectivity index (χ0v) is 10.7. The molecular weight excluding hydrogens is 240 g/mol. The van der Waals surface area contributed by atoms with Crippen molar-refractivity contribution in [2.75, 3.05) is 19.6 Å². The SMILES string of the molecule is Cn1cnc(S(=O)(=O)NCC2CCCNC2)c1. The molecule has 1 aromatic heterocycles. The molecule has 2 rings (SSSR count). The molecule has 2 heterocycles. The molecule has 0 radical (unpaired) electrons. The van der Waals surface area contributed by atoms with Gasteiger partial charge in [-0.15, -0.1) is 0 Å². The summed E-state index contributed by atoms with van der Waals surface area (Å²) in [5.74, 6) is 0.377. The lowest BCUT2D eigenvalue weighted by Gasteiger charge is -2.22. The van der Waals surface area contributed by atoms with E-state index in [4.69, 9.17) is 0 Å². The van der Waals surface area contributed by atoms with Crippen molar-refractivity contribution < 1.29 is 8.42 Å². The van der Waals surface area contributed by atoms with Crippen LogP contribution in [0.1, 0.15) is 12.8 Å². The fraction of sp³-hybridized carbons (Fsp3) is 0.700. The van der Waals surface area contributed by atoms with Gasteiger partial charge in [-0.3, -0.25) is 0 Å². The third-order valence-corrected chi connectivity index (χ3v) is 4.23. The number of piperidine rings is 1. The molecule has 7 heteroatoms. The number of hydrogen-bond donors (Lipinski definition) is 2. The normalized spacial score (nSPS) is 21.6. The number of nitrogens with one attached hydrogen (secondary N) is 2. The van der Waals surface area contributed by atoms with Crippen LogP contribution in [0.3, 0.4) is 0 Å². The Morgan fingerprint density at radius 2 is 2.47 bits per heavy atom. The fourth-order valence-corrected chi connectivity index (χ4v) is 3.02. The quantitative estimate of drug-likeness (QED) is 0.777. The number of imidazole rings is 1. The summed E-state index contributed by atoms with van der Waals surface area (Å²) in [5.41, 5.74) is 0. The molecule has 1 unspecified atom stereocenters. The Kier molecular flexibility index (Phi) is 3.80. The topological polar surface area (TPSA) is 76.0 Å². The van der Waals surface area contributed by atoms with E-state index in [-0.39, 0.29) is 5.03 Å². The van der Waals surface area contributed by atoms with E-state index in [9.17, 15) is 8.42 Å². The van der Waals surface area contributed by atoms with Crippen LogP contribution in [0.5, 0.6) is 0 Å². The summed E-state index contributed by atoms with van der Waals surface area (Å²) in [4.78, 5) is 3.85. The summed E-state index contributed by atoms with van der Waals surface area (Å²) in [6, 6.07) is 0. The van der Waals surface area contributed by atoms with Crippen LogP contribution >= 0.6 is 0 Å². The Bertz CT molecular complexity index is 462. The van der Waals surface area contributed by atoms with Crippen LogP contribution in [0.2, 0.25) is 0 Å². The minimum Gasteiger partial charge on any atom is -0.339 e. The molecule has 0 aromatic carbocycles. The van der Waals surface area contributed by atoms with Gasteiger partial charge >= 0.3 is 0 Å². The van der Waals surface area contributed by atoms with Crippen molar-refractivity contribution in [3.63, 3.8) is 0 Å². The maximum absolute atomic E-state index is 11.9. The second-order valence-corrected chi connectivity index (χ2v) is 6.16. The van der Waals surface area contributed by atoms with E-state index in [1.54, 1.807) is 11.6 Å². The van der Waals surface area contributed by atoms with E-state index < -0.39 is 10.0 Å². The molecular formula is C10H18N4O2S. The smallest absolute Gasteiger partial charge is 0.259 e. The zero-order valence-electron chi connectivity index (χ0n) is 9.89. The molecule has 1 fully saturated rings. The Balaban J connectivity index is 1.93. The summed E-state index contributed by atoms with van der Waals surface area (Å²) in [5, 5.41) is 3.35. The van der Waals surface area contributed by atoms with Crippen LogP contribution < -0.4 is 10.0 Å². The van der Waals surface area contributed by atoms with Gasteiger partial charge in [0, 0.05) is 19.8 Å². The molecule has 1 aliphatic heterocycles. The molecule has 1 saturated heterocycles. The minimum absolute atomic E-state index is 0.0868. The molecule has 2 N–H and O–H groups in total. The number of rotatable bonds is 4. The monoisotopic (exact) mass is 258 g/mol. The van der Waals surface area contributed by atoms with E-state index in [0.717, 1.165) is 25.9 Å². The molecule has 0 amide bonds. The highest BCUT2D eigenvalue weighted by molar-refractivity contribution is 7.89. The second-order valence-electron chi connectivity index (χ2n) is 4.44. The molecule has 1 aromatic rings. The average Bonchev–Trinajstić information content (AvgIpc) is 2.76. The molecule has 0 saturated carbocycles. The van der Waals surface area contributed by atoms with Crippen molar-refractivity contribution in [1.29, 1.82) is 0 Å². The van der Waals surface area contributed by atoms with E-state index in [2.05, 4.69) is 15.0 Å². The van der Waals surface area contributed by atoms with Gasteiger partial charge in [-0.2, -0.15) is 0 Å². The third kappa shape index (κ3) is 3.27. The lowest BCUT2D eigenvalue weighted by molar-refractivity contribution is 0.375. The summed E-state index contributed by atoms with van der Waals surface area (Å²) in [6.45, 7) is 2.39. The highest BCUT2D eigenvalue weighted by Crippen LogP contribution is 2.10. The highest BCUT2D eigenvalue weighted by atomic mass is 32.2. The first-order valence-electron chi connectivity index (χ1n) is 5.76. The van der Waals surface area contributed by atoms with Crippen molar-refractivity contribution >= 4 is 10.0 Å². The first-order chi connectivity index (χ1) is 8.08. The molecule has 0 bridgehead atoms. The molecule has 0 aliphatic carbocycles. The zero-order chi connectivity index (χ0) is 12.3. The van der Waals surface area contributed by atoms with Gasteiger partial charge in [0.2, 0.25) is 0 Å². The predicted molar refractivity (Wildman–Crippen MR) is 64.0 cm³/mol. The number of hydrogen-bond acceptors (Lipinski definition) is 4. The number of sulfonamides is 1. The van der Waals surface area contributed by atoms with Crippen LogP contribution in [0.4, 0.5) is 0 Å².